The van der Waals surface area contributed by atoms with Crippen molar-refractivity contribution >= 4 is 11.8 Å². The first-order valence-corrected chi connectivity index (χ1v) is 6.78. The van der Waals surface area contributed by atoms with Gasteiger partial charge in [0.2, 0.25) is 0 Å². The number of aromatic nitrogens is 2. The molecule has 0 spiro atoms. The number of nitrogens with zero attached hydrogens (tertiary/aromatic N) is 3. The van der Waals surface area contributed by atoms with Gasteiger partial charge in [0.05, 0.1) is 5.56 Å². The minimum atomic E-state index is -4.46. The van der Waals surface area contributed by atoms with Crippen LogP contribution >= 0.6 is 0 Å². The molecule has 0 fully saturated rings. The van der Waals surface area contributed by atoms with E-state index in [1.807, 2.05) is 6.92 Å². The second-order valence-electron chi connectivity index (χ2n) is 4.92. The van der Waals surface area contributed by atoms with Crippen LogP contribution in [0.25, 0.3) is 11.1 Å². The Morgan fingerprint density at radius 2 is 1.87 bits per heavy atom. The molecule has 0 aliphatic rings. The molecule has 122 valence electrons. The highest BCUT2D eigenvalue weighted by molar-refractivity contribution is 5.90. The van der Waals surface area contributed by atoms with Gasteiger partial charge in [-0.05, 0) is 24.1 Å². The molecule has 0 saturated heterocycles. The monoisotopic (exact) mass is 324 g/mol. The Kier molecular flexibility index (Phi) is 4.53. The van der Waals surface area contributed by atoms with Gasteiger partial charge in [-0.3, -0.25) is 9.88 Å². The Morgan fingerprint density at radius 1 is 1.22 bits per heavy atom. The summed E-state index contributed by atoms with van der Waals surface area (Å²) in [6, 6.07) is 2.03. The smallest absolute Gasteiger partial charge is 0.351 e. The number of hydrogen-bond donors (Lipinski definition) is 1. The van der Waals surface area contributed by atoms with Crippen molar-refractivity contribution in [2.75, 3.05) is 11.9 Å². The highest BCUT2D eigenvalue weighted by Gasteiger charge is 2.31. The quantitative estimate of drug-likeness (QED) is 0.942. The van der Waals surface area contributed by atoms with Crippen molar-refractivity contribution in [2.24, 2.45) is 5.73 Å². The number of urea groups is 1. The molecule has 2 aromatic rings. The van der Waals surface area contributed by atoms with Gasteiger partial charge in [0, 0.05) is 36.8 Å². The molecule has 0 bridgehead atoms. The lowest BCUT2D eigenvalue weighted by Gasteiger charge is -2.17. The zero-order chi connectivity index (χ0) is 17.2. The number of amides is 2. The first kappa shape index (κ1) is 16.7. The fourth-order valence-electron chi connectivity index (χ4n) is 2.08. The number of nitrogens with two attached hydrogens (primary N) is 1. The lowest BCUT2D eigenvalue weighted by atomic mass is 10.0. The van der Waals surface area contributed by atoms with Crippen molar-refractivity contribution in [2.45, 2.75) is 19.5 Å². The van der Waals surface area contributed by atoms with Gasteiger partial charge >= 0.3 is 12.2 Å². The molecule has 0 saturated carbocycles. The fraction of sp³-hybridized carbons (Fsp3) is 0.267. The number of alkyl halides is 3. The molecule has 23 heavy (non-hydrogen) atoms. The van der Waals surface area contributed by atoms with E-state index < -0.39 is 17.8 Å². The molecule has 0 atom stereocenters. The third kappa shape index (κ3) is 3.58. The first-order chi connectivity index (χ1) is 10.7. The average molecular weight is 324 g/mol. The van der Waals surface area contributed by atoms with Crippen molar-refractivity contribution in [3.05, 3.63) is 41.9 Å². The second kappa shape index (κ2) is 6.23. The number of rotatable bonds is 3. The maximum absolute atomic E-state index is 12.8. The molecule has 0 radical (unpaired) electrons. The van der Waals surface area contributed by atoms with E-state index in [1.54, 1.807) is 6.07 Å². The van der Waals surface area contributed by atoms with E-state index in [-0.39, 0.29) is 0 Å². The Balaban J connectivity index is 2.48. The molecule has 2 N–H and O–H groups in total. The van der Waals surface area contributed by atoms with Crippen LogP contribution in [0, 0.1) is 0 Å². The summed E-state index contributed by atoms with van der Waals surface area (Å²) in [5, 5.41) is 0. The van der Waals surface area contributed by atoms with Crippen molar-refractivity contribution in [1.82, 2.24) is 9.97 Å². The topological polar surface area (TPSA) is 72.1 Å². The summed E-state index contributed by atoms with van der Waals surface area (Å²) in [6.07, 6.45) is -0.419. The maximum Gasteiger partial charge on any atom is 0.417 e. The Morgan fingerprint density at radius 3 is 2.43 bits per heavy atom. The summed E-state index contributed by atoms with van der Waals surface area (Å²) < 4.78 is 38.3. The summed E-state index contributed by atoms with van der Waals surface area (Å²) >= 11 is 0. The van der Waals surface area contributed by atoms with Crippen LogP contribution in [0.3, 0.4) is 0 Å². The minimum Gasteiger partial charge on any atom is -0.351 e. The van der Waals surface area contributed by atoms with E-state index in [0.29, 0.717) is 28.9 Å². The molecule has 2 amide bonds. The van der Waals surface area contributed by atoms with Gasteiger partial charge < -0.3 is 5.73 Å². The van der Waals surface area contributed by atoms with Crippen LogP contribution in [-0.2, 0) is 12.6 Å². The zero-order valence-corrected chi connectivity index (χ0v) is 12.6. The second-order valence-corrected chi connectivity index (χ2v) is 4.92. The summed E-state index contributed by atoms with van der Waals surface area (Å²) in [5.74, 6) is 0.378. The van der Waals surface area contributed by atoms with Crippen molar-refractivity contribution in [1.29, 1.82) is 0 Å². The number of anilines is 1. The third-order valence-electron chi connectivity index (χ3n) is 3.37. The number of primary amides is 1. The van der Waals surface area contributed by atoms with Gasteiger partial charge in [-0.1, -0.05) is 6.92 Å². The molecule has 2 rings (SSSR count). The maximum atomic E-state index is 12.8. The molecule has 2 heterocycles. The predicted molar refractivity (Wildman–Crippen MR) is 79.8 cm³/mol. The molecular weight excluding hydrogens is 309 g/mol. The van der Waals surface area contributed by atoms with E-state index in [4.69, 9.17) is 5.73 Å². The highest BCUT2D eigenvalue weighted by atomic mass is 19.4. The number of hydrogen-bond acceptors (Lipinski definition) is 3. The number of pyridine rings is 2. The van der Waals surface area contributed by atoms with Crippen LogP contribution in [0.5, 0.6) is 0 Å². The Hall–Kier alpha value is -2.64. The highest BCUT2D eigenvalue weighted by Crippen LogP contribution is 2.32. The first-order valence-electron chi connectivity index (χ1n) is 6.78. The fourth-order valence-corrected chi connectivity index (χ4v) is 2.08. The minimum absolute atomic E-state index is 0.301. The van der Waals surface area contributed by atoms with Gasteiger partial charge in [0.15, 0.2) is 0 Å². The van der Waals surface area contributed by atoms with Crippen molar-refractivity contribution in [3.63, 3.8) is 0 Å². The summed E-state index contributed by atoms with van der Waals surface area (Å²) in [5.41, 5.74) is 5.88. The zero-order valence-electron chi connectivity index (χ0n) is 12.6. The standard InChI is InChI=1S/C15H15F3N4O/c1-3-9-4-10(7-21-13(9)22(2)14(19)23)11-5-12(8-20-6-11)15(16,17)18/h4-8H,3H2,1-2H3,(H2,19,23). The molecule has 5 nitrogen and oxygen atoms in total. The normalized spacial score (nSPS) is 11.3. The Bertz CT molecular complexity index is 731. The summed E-state index contributed by atoms with van der Waals surface area (Å²) in [6.45, 7) is 1.85. The van der Waals surface area contributed by atoms with Crippen LogP contribution in [0.15, 0.2) is 30.7 Å². The predicted octanol–water partition coefficient (Wildman–Crippen LogP) is 3.24. The SMILES string of the molecule is CCc1cc(-c2cncc(C(F)(F)F)c2)cnc1N(C)C(N)=O. The van der Waals surface area contributed by atoms with Crippen LogP contribution < -0.4 is 10.6 Å². The number of halogens is 3. The van der Waals surface area contributed by atoms with Crippen LogP contribution in [-0.4, -0.2) is 23.0 Å². The van der Waals surface area contributed by atoms with Crippen molar-refractivity contribution < 1.29 is 18.0 Å². The number of aryl methyl sites for hydroxylation is 1. The largest absolute Gasteiger partial charge is 0.417 e. The van der Waals surface area contributed by atoms with Crippen LogP contribution in [0.1, 0.15) is 18.1 Å². The molecule has 0 aliphatic heterocycles. The van der Waals surface area contributed by atoms with E-state index in [2.05, 4.69) is 9.97 Å². The van der Waals surface area contributed by atoms with Gasteiger partial charge in [-0.15, -0.1) is 0 Å². The van der Waals surface area contributed by atoms with Gasteiger partial charge in [-0.2, -0.15) is 13.2 Å². The van der Waals surface area contributed by atoms with Crippen molar-refractivity contribution in [3.8, 4) is 11.1 Å². The van der Waals surface area contributed by atoms with Gasteiger partial charge in [0.25, 0.3) is 0 Å². The molecule has 0 aliphatic carbocycles. The van der Waals surface area contributed by atoms with Gasteiger partial charge in [-0.25, -0.2) is 9.78 Å². The van der Waals surface area contributed by atoms with Gasteiger partial charge in [0.1, 0.15) is 5.82 Å². The lowest BCUT2D eigenvalue weighted by Crippen LogP contribution is -2.33. The third-order valence-corrected chi connectivity index (χ3v) is 3.37. The number of carbonyl (C=O) groups excluding carboxylic acids is 1. The summed E-state index contributed by atoms with van der Waals surface area (Å²) in [7, 11) is 1.48. The van der Waals surface area contributed by atoms with E-state index in [0.717, 1.165) is 12.3 Å². The molecule has 0 unspecified atom stereocenters. The molecule has 0 aromatic carbocycles. The Labute approximate surface area is 131 Å². The molecular formula is C15H15F3N4O. The molecule has 8 heteroatoms. The van der Waals surface area contributed by atoms with Crippen LogP contribution in [0.4, 0.5) is 23.8 Å². The summed E-state index contributed by atoms with van der Waals surface area (Å²) in [4.78, 5) is 20.2. The van der Waals surface area contributed by atoms with E-state index in [1.165, 1.54) is 24.3 Å². The number of carbonyl (C=O) groups is 1. The molecule has 2 aromatic heterocycles. The van der Waals surface area contributed by atoms with Crippen LogP contribution in [0.2, 0.25) is 0 Å². The average Bonchev–Trinajstić information content (AvgIpc) is 2.52. The van der Waals surface area contributed by atoms with E-state index >= 15 is 0 Å². The van der Waals surface area contributed by atoms with E-state index in [9.17, 15) is 18.0 Å². The lowest BCUT2D eigenvalue weighted by molar-refractivity contribution is -0.137.